The van der Waals surface area contributed by atoms with E-state index in [9.17, 15) is 9.59 Å². The van der Waals surface area contributed by atoms with Crippen molar-refractivity contribution in [3.63, 3.8) is 0 Å². The van der Waals surface area contributed by atoms with Gasteiger partial charge in [-0.1, -0.05) is 31.2 Å². The van der Waals surface area contributed by atoms with E-state index in [4.69, 9.17) is 0 Å². The number of hydrogen-bond donors (Lipinski definition) is 2. The lowest BCUT2D eigenvalue weighted by atomic mass is 9.73. The highest BCUT2D eigenvalue weighted by atomic mass is 16.2. The van der Waals surface area contributed by atoms with Crippen LogP contribution in [0, 0.1) is 0 Å². The Hall–Kier alpha value is -3.48. The Morgan fingerprint density at radius 3 is 2.90 bits per heavy atom. The topological polar surface area (TPSA) is 91.0 Å². The molecule has 7 heteroatoms. The van der Waals surface area contributed by atoms with Crippen molar-refractivity contribution in [3.8, 4) is 0 Å². The van der Waals surface area contributed by atoms with Crippen molar-refractivity contribution in [2.45, 2.75) is 31.2 Å². The number of pyridine rings is 1. The van der Waals surface area contributed by atoms with Crippen LogP contribution in [0.2, 0.25) is 0 Å². The Balaban J connectivity index is 1.64. The monoisotopic (exact) mass is 387 g/mol. The van der Waals surface area contributed by atoms with Crippen molar-refractivity contribution in [1.82, 2.24) is 20.1 Å². The maximum Gasteiger partial charge on any atom is 0.274 e. The smallest absolute Gasteiger partial charge is 0.274 e. The third-order valence-corrected chi connectivity index (χ3v) is 6.08. The molecule has 0 radical (unpaired) electrons. The maximum atomic E-state index is 13.4. The molecule has 4 heterocycles. The number of anilines is 1. The molecular weight excluding hydrogens is 366 g/mol. The van der Waals surface area contributed by atoms with Gasteiger partial charge in [0.05, 0.1) is 6.04 Å². The number of nitrogens with zero attached hydrogens (tertiary/aromatic N) is 3. The first-order chi connectivity index (χ1) is 14.1. The Labute approximate surface area is 168 Å². The van der Waals surface area contributed by atoms with Gasteiger partial charge in [0.1, 0.15) is 11.1 Å². The summed E-state index contributed by atoms with van der Waals surface area (Å²) in [6.07, 6.45) is 4.76. The predicted octanol–water partition coefficient (Wildman–Crippen LogP) is 2.84. The average molecular weight is 387 g/mol. The van der Waals surface area contributed by atoms with E-state index in [0.29, 0.717) is 18.7 Å². The van der Waals surface area contributed by atoms with Crippen LogP contribution in [0.3, 0.4) is 0 Å². The molecule has 29 heavy (non-hydrogen) atoms. The Morgan fingerprint density at radius 1 is 1.28 bits per heavy atom. The van der Waals surface area contributed by atoms with E-state index in [0.717, 1.165) is 28.9 Å². The van der Waals surface area contributed by atoms with Gasteiger partial charge in [-0.3, -0.25) is 19.7 Å². The van der Waals surface area contributed by atoms with Gasteiger partial charge in [0.15, 0.2) is 0 Å². The lowest BCUT2D eigenvalue weighted by Gasteiger charge is -2.33. The number of H-pyrrole nitrogens is 1. The van der Waals surface area contributed by atoms with Gasteiger partial charge in [-0.15, -0.1) is 0 Å². The largest absolute Gasteiger partial charge is 0.329 e. The first-order valence-electron chi connectivity index (χ1n) is 9.81. The Kier molecular flexibility index (Phi) is 3.97. The third-order valence-electron chi connectivity index (χ3n) is 6.08. The van der Waals surface area contributed by atoms with E-state index in [-0.39, 0.29) is 11.8 Å². The second kappa shape index (κ2) is 6.55. The molecule has 2 aliphatic heterocycles. The molecular formula is C22H21N5O2. The summed E-state index contributed by atoms with van der Waals surface area (Å²) in [7, 11) is 0. The van der Waals surface area contributed by atoms with Crippen LogP contribution >= 0.6 is 0 Å². The Morgan fingerprint density at radius 2 is 2.14 bits per heavy atom. The van der Waals surface area contributed by atoms with Crippen molar-refractivity contribution in [2.24, 2.45) is 0 Å². The van der Waals surface area contributed by atoms with Crippen LogP contribution in [0.1, 0.15) is 46.7 Å². The summed E-state index contributed by atoms with van der Waals surface area (Å²) in [6.45, 7) is 2.47. The van der Waals surface area contributed by atoms with E-state index < -0.39 is 11.5 Å². The quantitative estimate of drug-likeness (QED) is 0.723. The highest BCUT2D eigenvalue weighted by Crippen LogP contribution is 2.54. The number of fused-ring (bicyclic) bond motifs is 2. The lowest BCUT2D eigenvalue weighted by molar-refractivity contribution is -0.121. The summed E-state index contributed by atoms with van der Waals surface area (Å²) in [4.78, 5) is 32.7. The van der Waals surface area contributed by atoms with Gasteiger partial charge in [0.2, 0.25) is 5.91 Å². The molecule has 146 valence electrons. The van der Waals surface area contributed by atoms with E-state index in [1.807, 2.05) is 43.3 Å². The van der Waals surface area contributed by atoms with Gasteiger partial charge < -0.3 is 10.2 Å². The number of rotatable bonds is 3. The number of likely N-dealkylation sites (tertiary alicyclic amines) is 1. The van der Waals surface area contributed by atoms with Crippen LogP contribution in [-0.2, 0) is 16.6 Å². The molecule has 1 fully saturated rings. The maximum absolute atomic E-state index is 13.4. The standard InChI is InChI=1S/C22H21N5O2/c1-2-15-12-18(26-25-15)20(28)27-11-9-22(19(27)14-6-5-10-23-13-14)16-7-3-4-8-17(16)24-21(22)29/h3-8,10,12-13,19H,2,9,11H2,1H3,(H,24,29)(H,25,26). The van der Waals surface area contributed by atoms with Crippen molar-refractivity contribution in [1.29, 1.82) is 0 Å². The molecule has 0 aliphatic carbocycles. The summed E-state index contributed by atoms with van der Waals surface area (Å²) >= 11 is 0. The molecule has 3 aromatic rings. The van der Waals surface area contributed by atoms with Gasteiger partial charge >= 0.3 is 0 Å². The number of carbonyl (C=O) groups excluding carboxylic acids is 2. The van der Waals surface area contributed by atoms with Crippen molar-refractivity contribution in [3.05, 3.63) is 77.4 Å². The van der Waals surface area contributed by atoms with Crippen LogP contribution in [0.25, 0.3) is 0 Å². The number of carbonyl (C=O) groups is 2. The molecule has 1 aromatic carbocycles. The molecule has 0 saturated carbocycles. The normalized spacial score (nSPS) is 22.7. The fraction of sp³-hybridized carbons (Fsp3) is 0.273. The minimum Gasteiger partial charge on any atom is -0.329 e. The summed E-state index contributed by atoms with van der Waals surface area (Å²) < 4.78 is 0. The van der Waals surface area contributed by atoms with Crippen LogP contribution in [0.5, 0.6) is 0 Å². The van der Waals surface area contributed by atoms with E-state index in [1.165, 1.54) is 0 Å². The number of para-hydroxylation sites is 1. The highest BCUT2D eigenvalue weighted by Gasteiger charge is 2.59. The van der Waals surface area contributed by atoms with Gasteiger partial charge in [0.25, 0.3) is 5.91 Å². The van der Waals surface area contributed by atoms with Gasteiger partial charge in [-0.25, -0.2) is 0 Å². The molecule has 2 aromatic heterocycles. The Bertz CT molecular complexity index is 1090. The number of aryl methyl sites for hydroxylation is 1. The van der Waals surface area contributed by atoms with E-state index >= 15 is 0 Å². The number of aromatic nitrogens is 3. The SMILES string of the molecule is CCc1cc(C(=O)N2CCC3(C(=O)Nc4ccccc43)C2c2cccnc2)n[nH]1. The first kappa shape index (κ1) is 17.6. The molecule has 2 aliphatic rings. The van der Waals surface area contributed by atoms with Crippen LogP contribution < -0.4 is 5.32 Å². The molecule has 1 saturated heterocycles. The van der Waals surface area contributed by atoms with Crippen LogP contribution in [0.4, 0.5) is 5.69 Å². The lowest BCUT2D eigenvalue weighted by Crippen LogP contribution is -2.42. The molecule has 7 nitrogen and oxygen atoms in total. The summed E-state index contributed by atoms with van der Waals surface area (Å²) in [6, 6.07) is 12.8. The summed E-state index contributed by atoms with van der Waals surface area (Å²) in [5, 5.41) is 10.1. The minimum absolute atomic E-state index is 0.0703. The van der Waals surface area contributed by atoms with Crippen LogP contribution in [-0.4, -0.2) is 38.4 Å². The van der Waals surface area contributed by atoms with Crippen molar-refractivity contribution < 1.29 is 9.59 Å². The van der Waals surface area contributed by atoms with Gasteiger partial charge in [-0.05, 0) is 42.2 Å². The predicted molar refractivity (Wildman–Crippen MR) is 107 cm³/mol. The first-order valence-corrected chi connectivity index (χ1v) is 9.81. The molecule has 2 atom stereocenters. The fourth-order valence-electron chi connectivity index (χ4n) is 4.71. The van der Waals surface area contributed by atoms with E-state index in [1.54, 1.807) is 23.4 Å². The zero-order valence-corrected chi connectivity index (χ0v) is 16.1. The molecule has 0 bridgehead atoms. The minimum atomic E-state index is -0.834. The number of aromatic amines is 1. The average Bonchev–Trinajstić information content (AvgIpc) is 3.46. The number of nitrogens with one attached hydrogen (secondary N) is 2. The molecule has 1 spiro atoms. The van der Waals surface area contributed by atoms with Crippen LogP contribution in [0.15, 0.2) is 54.9 Å². The van der Waals surface area contributed by atoms with Crippen molar-refractivity contribution in [2.75, 3.05) is 11.9 Å². The molecule has 5 rings (SSSR count). The van der Waals surface area contributed by atoms with E-state index in [2.05, 4.69) is 20.5 Å². The van der Waals surface area contributed by atoms with Gasteiger partial charge in [-0.2, -0.15) is 5.10 Å². The summed E-state index contributed by atoms with van der Waals surface area (Å²) in [5.41, 5.74) is 3.04. The second-order valence-electron chi connectivity index (χ2n) is 7.54. The number of amides is 2. The van der Waals surface area contributed by atoms with Crippen molar-refractivity contribution >= 4 is 17.5 Å². The fourth-order valence-corrected chi connectivity index (χ4v) is 4.71. The van der Waals surface area contributed by atoms with Gasteiger partial charge in [0, 0.05) is 30.3 Å². The highest BCUT2D eigenvalue weighted by molar-refractivity contribution is 6.08. The number of hydrogen-bond acceptors (Lipinski definition) is 4. The molecule has 2 N–H and O–H groups in total. The molecule has 2 amide bonds. The second-order valence-corrected chi connectivity index (χ2v) is 7.54. The summed E-state index contributed by atoms with van der Waals surface area (Å²) in [5.74, 6) is -0.247. The third kappa shape index (κ3) is 2.50. The zero-order valence-electron chi connectivity index (χ0n) is 16.1. The number of benzene rings is 1. The molecule has 2 unspecified atom stereocenters. The zero-order chi connectivity index (χ0) is 20.0.